The molecule has 128 valence electrons. The fourth-order valence-electron chi connectivity index (χ4n) is 2.35. The molecule has 0 aliphatic heterocycles. The summed E-state index contributed by atoms with van der Waals surface area (Å²) in [5, 5.41) is 12.0. The Labute approximate surface area is 136 Å². The number of carboxylic acid groups (broad SMARTS) is 1. The van der Waals surface area contributed by atoms with E-state index < -0.39 is 27.1 Å². The molecule has 0 aliphatic rings. The highest BCUT2D eigenvalue weighted by Crippen LogP contribution is 2.31. The van der Waals surface area contributed by atoms with Crippen LogP contribution in [0.5, 0.6) is 0 Å². The maximum atomic E-state index is 12.2. The summed E-state index contributed by atoms with van der Waals surface area (Å²) in [6, 6.07) is 4.47. The van der Waals surface area contributed by atoms with E-state index in [0.29, 0.717) is 24.1 Å². The Hall–Kier alpha value is -1.89. The Kier molecular flexibility index (Phi) is 5.93. The van der Waals surface area contributed by atoms with Gasteiger partial charge in [0.1, 0.15) is 0 Å². The van der Waals surface area contributed by atoms with E-state index >= 15 is 0 Å². The summed E-state index contributed by atoms with van der Waals surface area (Å²) < 4.78 is 23.2. The lowest BCUT2D eigenvalue weighted by atomic mass is 9.79. The minimum atomic E-state index is -3.38. The molecule has 0 saturated heterocycles. The third-order valence-electron chi connectivity index (χ3n) is 4.22. The predicted molar refractivity (Wildman–Crippen MR) is 88.2 cm³/mol. The average molecular weight is 341 g/mol. The number of sulfone groups is 1. The van der Waals surface area contributed by atoms with Gasteiger partial charge in [-0.05, 0) is 37.5 Å². The maximum Gasteiger partial charge on any atom is 0.310 e. The van der Waals surface area contributed by atoms with Gasteiger partial charge in [0.05, 0.1) is 10.3 Å². The molecule has 0 unspecified atom stereocenters. The standard InChI is InChI=1S/C16H23NO5S/c1-5-16(6-2,15(19)20)10-14(18)17-13-9-12(23(4,21)22)8-7-11(13)3/h7-9H,5-6,10H2,1-4H3,(H,17,18)(H,19,20). The molecule has 0 bridgehead atoms. The molecule has 23 heavy (non-hydrogen) atoms. The van der Waals surface area contributed by atoms with Crippen molar-refractivity contribution in [2.24, 2.45) is 5.41 Å². The summed E-state index contributed by atoms with van der Waals surface area (Å²) in [5.74, 6) is -1.44. The topological polar surface area (TPSA) is 101 Å². The van der Waals surface area contributed by atoms with Crippen molar-refractivity contribution in [2.45, 2.75) is 44.9 Å². The molecule has 0 atom stereocenters. The Morgan fingerprint density at radius 3 is 2.22 bits per heavy atom. The van der Waals surface area contributed by atoms with Crippen molar-refractivity contribution >= 4 is 27.4 Å². The van der Waals surface area contributed by atoms with E-state index in [2.05, 4.69) is 5.32 Å². The van der Waals surface area contributed by atoms with E-state index in [0.717, 1.165) is 6.26 Å². The van der Waals surface area contributed by atoms with Gasteiger partial charge in [0.15, 0.2) is 9.84 Å². The summed E-state index contributed by atoms with van der Waals surface area (Å²) >= 11 is 0. The largest absolute Gasteiger partial charge is 0.481 e. The molecule has 0 radical (unpaired) electrons. The molecular weight excluding hydrogens is 318 g/mol. The molecule has 0 fully saturated rings. The summed E-state index contributed by atoms with van der Waals surface area (Å²) in [4.78, 5) is 23.8. The van der Waals surface area contributed by atoms with Crippen LogP contribution in [0.25, 0.3) is 0 Å². The van der Waals surface area contributed by atoms with Gasteiger partial charge in [-0.15, -0.1) is 0 Å². The van der Waals surface area contributed by atoms with Crippen molar-refractivity contribution < 1.29 is 23.1 Å². The summed E-state index contributed by atoms with van der Waals surface area (Å²) in [6.07, 6.45) is 1.62. The summed E-state index contributed by atoms with van der Waals surface area (Å²) in [7, 11) is -3.38. The highest BCUT2D eigenvalue weighted by Gasteiger charge is 2.37. The fourth-order valence-corrected chi connectivity index (χ4v) is 2.99. The van der Waals surface area contributed by atoms with Crippen LogP contribution in [-0.4, -0.2) is 31.7 Å². The van der Waals surface area contributed by atoms with Gasteiger partial charge in [0.2, 0.25) is 5.91 Å². The molecular formula is C16H23NO5S. The van der Waals surface area contributed by atoms with E-state index in [4.69, 9.17) is 0 Å². The van der Waals surface area contributed by atoms with Crippen LogP contribution in [0.2, 0.25) is 0 Å². The second-order valence-electron chi connectivity index (χ2n) is 5.77. The molecule has 6 nitrogen and oxygen atoms in total. The fraction of sp³-hybridized carbons (Fsp3) is 0.500. The molecule has 1 aromatic rings. The number of hydrogen-bond acceptors (Lipinski definition) is 4. The van der Waals surface area contributed by atoms with Gasteiger partial charge in [0, 0.05) is 18.4 Å². The number of aliphatic carboxylic acids is 1. The number of carbonyl (C=O) groups is 2. The van der Waals surface area contributed by atoms with Gasteiger partial charge in [-0.1, -0.05) is 19.9 Å². The quantitative estimate of drug-likeness (QED) is 0.794. The van der Waals surface area contributed by atoms with E-state index in [1.165, 1.54) is 12.1 Å². The van der Waals surface area contributed by atoms with E-state index in [1.54, 1.807) is 26.8 Å². The van der Waals surface area contributed by atoms with E-state index in [1.807, 2.05) is 0 Å². The zero-order valence-corrected chi connectivity index (χ0v) is 14.7. The van der Waals surface area contributed by atoms with Crippen molar-refractivity contribution in [3.8, 4) is 0 Å². The molecule has 7 heteroatoms. The van der Waals surface area contributed by atoms with Crippen LogP contribution in [0, 0.1) is 12.3 Å². The second kappa shape index (κ2) is 7.12. The molecule has 0 heterocycles. The summed E-state index contributed by atoms with van der Waals surface area (Å²) in [5.41, 5.74) is -0.0176. The lowest BCUT2D eigenvalue weighted by molar-refractivity contribution is -0.151. The van der Waals surface area contributed by atoms with E-state index in [9.17, 15) is 23.1 Å². The minimum absolute atomic E-state index is 0.105. The Balaban J connectivity index is 3.04. The van der Waals surface area contributed by atoms with Crippen LogP contribution in [0.15, 0.2) is 23.1 Å². The molecule has 1 aromatic carbocycles. The van der Waals surface area contributed by atoms with Crippen LogP contribution >= 0.6 is 0 Å². The first kappa shape index (κ1) is 19.2. The minimum Gasteiger partial charge on any atom is -0.481 e. The highest BCUT2D eigenvalue weighted by molar-refractivity contribution is 7.90. The Bertz CT molecular complexity index is 705. The Morgan fingerprint density at radius 1 is 1.22 bits per heavy atom. The molecule has 0 aromatic heterocycles. The number of amides is 1. The third kappa shape index (κ3) is 4.54. The zero-order chi connectivity index (χ0) is 17.8. The van der Waals surface area contributed by atoms with Crippen molar-refractivity contribution in [1.29, 1.82) is 0 Å². The molecule has 1 rings (SSSR count). The number of anilines is 1. The third-order valence-corrected chi connectivity index (χ3v) is 5.33. The number of hydrogen-bond donors (Lipinski definition) is 2. The first-order valence-electron chi connectivity index (χ1n) is 7.39. The lowest BCUT2D eigenvalue weighted by Gasteiger charge is -2.26. The smallest absolute Gasteiger partial charge is 0.310 e. The number of carbonyl (C=O) groups excluding carboxylic acids is 1. The van der Waals surface area contributed by atoms with Crippen LogP contribution in [0.1, 0.15) is 38.7 Å². The van der Waals surface area contributed by atoms with Crippen LogP contribution in [0.3, 0.4) is 0 Å². The zero-order valence-electron chi connectivity index (χ0n) is 13.8. The first-order valence-corrected chi connectivity index (χ1v) is 9.29. The van der Waals surface area contributed by atoms with Gasteiger partial charge in [-0.3, -0.25) is 9.59 Å². The van der Waals surface area contributed by atoms with Gasteiger partial charge in [-0.2, -0.15) is 0 Å². The van der Waals surface area contributed by atoms with Gasteiger partial charge < -0.3 is 10.4 Å². The molecule has 0 aliphatic carbocycles. The second-order valence-corrected chi connectivity index (χ2v) is 7.78. The van der Waals surface area contributed by atoms with Crippen LogP contribution in [0.4, 0.5) is 5.69 Å². The van der Waals surface area contributed by atoms with Crippen molar-refractivity contribution in [1.82, 2.24) is 0 Å². The number of nitrogens with one attached hydrogen (secondary N) is 1. The normalized spacial score (nSPS) is 12.0. The SMILES string of the molecule is CCC(CC)(CC(=O)Nc1cc(S(C)(=O)=O)ccc1C)C(=O)O. The van der Waals surface area contributed by atoms with Crippen molar-refractivity contribution in [2.75, 3.05) is 11.6 Å². The first-order chi connectivity index (χ1) is 10.6. The number of carboxylic acids is 1. The monoisotopic (exact) mass is 341 g/mol. The molecule has 2 N–H and O–H groups in total. The predicted octanol–water partition coefficient (Wildman–Crippen LogP) is 2.62. The molecule has 0 spiro atoms. The van der Waals surface area contributed by atoms with Crippen LogP contribution in [-0.2, 0) is 19.4 Å². The molecule has 0 saturated carbocycles. The van der Waals surface area contributed by atoms with Gasteiger partial charge in [-0.25, -0.2) is 8.42 Å². The van der Waals surface area contributed by atoms with Gasteiger partial charge in [0.25, 0.3) is 0 Å². The summed E-state index contributed by atoms with van der Waals surface area (Å²) in [6.45, 7) is 5.21. The number of rotatable bonds is 7. The average Bonchev–Trinajstić information content (AvgIpc) is 2.45. The number of benzene rings is 1. The van der Waals surface area contributed by atoms with Crippen LogP contribution < -0.4 is 5.32 Å². The number of aryl methyl sites for hydroxylation is 1. The lowest BCUT2D eigenvalue weighted by Crippen LogP contribution is -2.34. The maximum absolute atomic E-state index is 12.2. The Morgan fingerprint density at radius 2 is 1.78 bits per heavy atom. The highest BCUT2D eigenvalue weighted by atomic mass is 32.2. The van der Waals surface area contributed by atoms with Crippen molar-refractivity contribution in [3.63, 3.8) is 0 Å². The molecule has 1 amide bonds. The van der Waals surface area contributed by atoms with Crippen molar-refractivity contribution in [3.05, 3.63) is 23.8 Å². The van der Waals surface area contributed by atoms with Gasteiger partial charge >= 0.3 is 5.97 Å². The van der Waals surface area contributed by atoms with E-state index in [-0.39, 0.29) is 11.3 Å².